The van der Waals surface area contributed by atoms with Crippen LogP contribution in [0.4, 0.5) is 0 Å². The Bertz CT molecular complexity index is 2570. The van der Waals surface area contributed by atoms with Gasteiger partial charge in [0.2, 0.25) is 9.84 Å². The van der Waals surface area contributed by atoms with E-state index < -0.39 is 9.84 Å². The highest BCUT2D eigenvalue weighted by Gasteiger charge is 2.32. The second kappa shape index (κ2) is 9.20. The molecule has 0 bridgehead atoms. The zero-order chi connectivity index (χ0) is 29.4. The van der Waals surface area contributed by atoms with Crippen molar-refractivity contribution in [3.8, 4) is 44.9 Å². The van der Waals surface area contributed by atoms with Crippen LogP contribution in [0.2, 0.25) is 0 Å². The van der Waals surface area contributed by atoms with Gasteiger partial charge in [0.15, 0.2) is 5.82 Å². The summed E-state index contributed by atoms with van der Waals surface area (Å²) < 4.78 is 33.1. The van der Waals surface area contributed by atoms with Crippen LogP contribution in [0.5, 0.6) is 0 Å². The molecule has 208 valence electrons. The fourth-order valence-corrected chi connectivity index (χ4v) is 8.11. The normalized spacial score (nSPS) is 13.4. The van der Waals surface area contributed by atoms with Crippen molar-refractivity contribution in [1.29, 1.82) is 0 Å². The third-order valence-electron chi connectivity index (χ3n) is 8.46. The second-order valence-corrected chi connectivity index (χ2v) is 12.9. The number of fused-ring (bicyclic) bond motifs is 7. The van der Waals surface area contributed by atoms with Crippen LogP contribution < -0.4 is 0 Å². The summed E-state index contributed by atoms with van der Waals surface area (Å²) in [5.74, 6) is 0.614. The van der Waals surface area contributed by atoms with Crippen molar-refractivity contribution in [2.45, 2.75) is 9.79 Å². The molecule has 0 radical (unpaired) electrons. The van der Waals surface area contributed by atoms with Crippen molar-refractivity contribution in [2.75, 3.05) is 0 Å². The summed E-state index contributed by atoms with van der Waals surface area (Å²) in [5, 5.41) is 2.82. The van der Waals surface area contributed by atoms with Gasteiger partial charge >= 0.3 is 0 Å². The molecule has 0 atom stereocenters. The fourth-order valence-electron chi connectivity index (χ4n) is 6.39. The number of hydrogen-bond donors (Lipinski definition) is 0. The van der Waals surface area contributed by atoms with Crippen molar-refractivity contribution in [2.24, 2.45) is 0 Å². The van der Waals surface area contributed by atoms with Gasteiger partial charge in [0.1, 0.15) is 11.2 Å². The molecule has 0 fully saturated rings. The largest absolute Gasteiger partial charge is 0.456 e. The van der Waals surface area contributed by atoms with Gasteiger partial charge in [-0.05, 0) is 47.5 Å². The first kappa shape index (κ1) is 25.0. The molecular formula is C38H22N2O3S. The van der Waals surface area contributed by atoms with Crippen molar-refractivity contribution in [3.63, 3.8) is 0 Å². The third kappa shape index (κ3) is 3.61. The Kier molecular flexibility index (Phi) is 5.22. The summed E-state index contributed by atoms with van der Waals surface area (Å²) in [5.41, 5.74) is 8.31. The Morgan fingerprint density at radius 3 is 2.14 bits per heavy atom. The highest BCUT2D eigenvalue weighted by molar-refractivity contribution is 7.92. The van der Waals surface area contributed by atoms with E-state index in [0.29, 0.717) is 15.6 Å². The zero-order valence-corrected chi connectivity index (χ0v) is 24.0. The van der Waals surface area contributed by atoms with E-state index in [4.69, 9.17) is 14.4 Å². The molecule has 6 aromatic carbocycles. The lowest BCUT2D eigenvalue weighted by atomic mass is 9.98. The molecule has 44 heavy (non-hydrogen) atoms. The first-order valence-corrected chi connectivity index (χ1v) is 15.8. The van der Waals surface area contributed by atoms with Gasteiger partial charge in [-0.3, -0.25) is 0 Å². The minimum absolute atomic E-state index is 0.340. The number of nitrogens with zero attached hydrogens (tertiary/aromatic N) is 2. The van der Waals surface area contributed by atoms with Crippen molar-refractivity contribution >= 4 is 42.7 Å². The van der Waals surface area contributed by atoms with Gasteiger partial charge in [-0.25, -0.2) is 18.4 Å². The number of sulfone groups is 1. The quantitative estimate of drug-likeness (QED) is 0.206. The molecule has 1 aliphatic rings. The van der Waals surface area contributed by atoms with Gasteiger partial charge in [-0.1, -0.05) is 97.1 Å². The molecule has 0 saturated carbocycles. The average Bonchev–Trinajstić information content (AvgIpc) is 3.56. The number of furan rings is 1. The number of para-hydroxylation sites is 1. The van der Waals surface area contributed by atoms with Crippen LogP contribution >= 0.6 is 0 Å². The highest BCUT2D eigenvalue weighted by atomic mass is 32.2. The van der Waals surface area contributed by atoms with Crippen molar-refractivity contribution < 1.29 is 12.8 Å². The lowest BCUT2D eigenvalue weighted by Gasteiger charge is -2.10. The summed E-state index contributed by atoms with van der Waals surface area (Å²) >= 11 is 0. The Hall–Kier alpha value is -5.59. The maximum absolute atomic E-state index is 13.4. The van der Waals surface area contributed by atoms with Crippen molar-refractivity contribution in [3.05, 3.63) is 133 Å². The molecule has 1 aliphatic heterocycles. The topological polar surface area (TPSA) is 73.1 Å². The molecular weight excluding hydrogens is 564 g/mol. The Morgan fingerprint density at radius 2 is 1.23 bits per heavy atom. The summed E-state index contributed by atoms with van der Waals surface area (Å²) in [7, 11) is -3.58. The number of aromatic nitrogens is 2. The van der Waals surface area contributed by atoms with Crippen LogP contribution in [0, 0.1) is 0 Å². The van der Waals surface area contributed by atoms with Crippen LogP contribution in [0.25, 0.3) is 77.7 Å². The van der Waals surface area contributed by atoms with E-state index in [2.05, 4.69) is 24.3 Å². The molecule has 0 aliphatic carbocycles. The van der Waals surface area contributed by atoms with Gasteiger partial charge in [-0.15, -0.1) is 0 Å². The highest BCUT2D eigenvalue weighted by Crippen LogP contribution is 2.45. The predicted molar refractivity (Wildman–Crippen MR) is 174 cm³/mol. The molecule has 9 rings (SSSR count). The number of hydrogen-bond acceptors (Lipinski definition) is 5. The number of benzene rings is 6. The molecule has 5 nitrogen and oxygen atoms in total. The minimum Gasteiger partial charge on any atom is -0.456 e. The smallest absolute Gasteiger partial charge is 0.207 e. The van der Waals surface area contributed by atoms with Gasteiger partial charge in [0.05, 0.1) is 21.0 Å². The lowest BCUT2D eigenvalue weighted by molar-refractivity contribution is 0.598. The fraction of sp³-hybridized carbons (Fsp3) is 0. The summed E-state index contributed by atoms with van der Waals surface area (Å²) in [6.45, 7) is 0. The van der Waals surface area contributed by atoms with Crippen LogP contribution in [-0.4, -0.2) is 18.4 Å². The van der Waals surface area contributed by atoms with Crippen LogP contribution in [-0.2, 0) is 9.84 Å². The molecule has 0 saturated heterocycles. The van der Waals surface area contributed by atoms with E-state index in [1.807, 2.05) is 91.0 Å². The Morgan fingerprint density at radius 1 is 0.500 bits per heavy atom. The maximum atomic E-state index is 13.4. The van der Waals surface area contributed by atoms with Crippen LogP contribution in [0.3, 0.4) is 0 Å². The standard InChI is InChI=1S/C38H22N2O3S/c41-44(42)34-16-7-5-11-26(34)27-19-17-25(22-35(27)44)24-18-20-32-30(21-24)36-29(13-8-15-33(36)43-32)38-39-31-14-6-4-12-28(31)37(40-38)23-9-2-1-3-10-23/h1-22H. The molecule has 6 heteroatoms. The molecule has 2 aromatic heterocycles. The first-order chi connectivity index (χ1) is 21.6. The SMILES string of the molecule is O=S1(=O)c2ccccc2-c2ccc(-c3ccc4oc5cccc(-c6nc(-c7ccccc7)c7ccccc7n6)c5c4c3)cc21. The summed E-state index contributed by atoms with van der Waals surface area (Å²) in [4.78, 5) is 10.8. The zero-order valence-electron chi connectivity index (χ0n) is 23.2. The van der Waals surface area contributed by atoms with E-state index in [1.165, 1.54) is 0 Å². The Labute approximate surface area is 253 Å². The molecule has 8 aromatic rings. The average molecular weight is 587 g/mol. The Balaban J connectivity index is 1.25. The van der Waals surface area contributed by atoms with E-state index in [1.54, 1.807) is 18.2 Å². The minimum atomic E-state index is -3.58. The molecule has 3 heterocycles. The van der Waals surface area contributed by atoms with E-state index in [9.17, 15) is 8.42 Å². The summed E-state index contributed by atoms with van der Waals surface area (Å²) in [6.07, 6.45) is 0. The van der Waals surface area contributed by atoms with Crippen molar-refractivity contribution in [1.82, 2.24) is 9.97 Å². The first-order valence-electron chi connectivity index (χ1n) is 14.3. The van der Waals surface area contributed by atoms with Gasteiger partial charge in [-0.2, -0.15) is 0 Å². The maximum Gasteiger partial charge on any atom is 0.207 e. The monoisotopic (exact) mass is 586 g/mol. The van der Waals surface area contributed by atoms with Crippen LogP contribution in [0.15, 0.2) is 148 Å². The summed E-state index contributed by atoms with van der Waals surface area (Å²) in [6, 6.07) is 43.0. The van der Waals surface area contributed by atoms with Crippen LogP contribution in [0.1, 0.15) is 0 Å². The lowest BCUT2D eigenvalue weighted by Crippen LogP contribution is -1.96. The third-order valence-corrected chi connectivity index (χ3v) is 10.3. The van der Waals surface area contributed by atoms with E-state index in [-0.39, 0.29) is 0 Å². The molecule has 0 unspecified atom stereocenters. The predicted octanol–water partition coefficient (Wildman–Crippen LogP) is 9.34. The van der Waals surface area contributed by atoms with E-state index in [0.717, 1.165) is 71.9 Å². The molecule has 0 N–H and O–H groups in total. The molecule has 0 amide bonds. The van der Waals surface area contributed by atoms with Gasteiger partial charge < -0.3 is 4.42 Å². The van der Waals surface area contributed by atoms with Gasteiger partial charge in [0, 0.05) is 38.4 Å². The number of rotatable bonds is 3. The second-order valence-electron chi connectivity index (χ2n) is 11.0. The van der Waals surface area contributed by atoms with Gasteiger partial charge in [0.25, 0.3) is 0 Å². The van der Waals surface area contributed by atoms with E-state index >= 15 is 0 Å². The molecule has 0 spiro atoms.